The van der Waals surface area contributed by atoms with Crippen LogP contribution in [0, 0.1) is 23.7 Å². The first kappa shape index (κ1) is 10.3. The van der Waals surface area contributed by atoms with Crippen LogP contribution in [0.3, 0.4) is 0 Å². The van der Waals surface area contributed by atoms with Crippen LogP contribution >= 0.6 is 0 Å². The average molecular weight is 220 g/mol. The Labute approximate surface area is 96.7 Å². The maximum absolute atomic E-state index is 11.5. The van der Waals surface area contributed by atoms with E-state index < -0.39 is 0 Å². The van der Waals surface area contributed by atoms with E-state index in [4.69, 9.17) is 0 Å². The zero-order valence-corrected chi connectivity index (χ0v) is 9.91. The smallest absolute Gasteiger partial charge is 0.243 e. The molecule has 2 bridgehead atoms. The molecule has 3 nitrogen and oxygen atoms in total. The van der Waals surface area contributed by atoms with Gasteiger partial charge in [0.05, 0.1) is 0 Å². The molecule has 1 amide bonds. The summed E-state index contributed by atoms with van der Waals surface area (Å²) in [5.74, 6) is 2.84. The van der Waals surface area contributed by atoms with E-state index in [1.807, 2.05) is 0 Å². The first-order valence-electron chi connectivity index (χ1n) is 6.58. The van der Waals surface area contributed by atoms with Gasteiger partial charge in [-0.1, -0.05) is 6.42 Å². The lowest BCUT2D eigenvalue weighted by molar-refractivity contribution is -0.122. The van der Waals surface area contributed by atoms with Crippen molar-refractivity contribution >= 4 is 11.6 Å². The van der Waals surface area contributed by atoms with Crippen molar-refractivity contribution in [2.45, 2.75) is 45.4 Å². The summed E-state index contributed by atoms with van der Waals surface area (Å²) in [5, 5.41) is 4.30. The fraction of sp³-hybridized carbons (Fsp3) is 0.846. The van der Waals surface area contributed by atoms with Crippen LogP contribution < -0.4 is 5.43 Å². The first-order chi connectivity index (χ1) is 7.74. The fourth-order valence-electron chi connectivity index (χ4n) is 3.42. The summed E-state index contributed by atoms with van der Waals surface area (Å²) in [6, 6.07) is 0. The van der Waals surface area contributed by atoms with Crippen LogP contribution in [-0.2, 0) is 4.79 Å². The van der Waals surface area contributed by atoms with Crippen LogP contribution in [0.4, 0.5) is 0 Å². The normalized spacial score (nSPS) is 37.8. The maximum atomic E-state index is 11.5. The number of nitrogens with one attached hydrogen (secondary N) is 1. The van der Waals surface area contributed by atoms with Gasteiger partial charge in [0.2, 0.25) is 5.91 Å². The lowest BCUT2D eigenvalue weighted by Crippen LogP contribution is -2.25. The van der Waals surface area contributed by atoms with E-state index in [-0.39, 0.29) is 11.8 Å². The minimum atomic E-state index is 0.127. The molecule has 0 aliphatic heterocycles. The van der Waals surface area contributed by atoms with Crippen LogP contribution in [0.5, 0.6) is 0 Å². The van der Waals surface area contributed by atoms with E-state index in [2.05, 4.69) is 17.5 Å². The molecule has 3 fully saturated rings. The Hall–Kier alpha value is -0.860. The summed E-state index contributed by atoms with van der Waals surface area (Å²) >= 11 is 0. The van der Waals surface area contributed by atoms with Crippen molar-refractivity contribution in [3.63, 3.8) is 0 Å². The largest absolute Gasteiger partial charge is 0.273 e. The van der Waals surface area contributed by atoms with Gasteiger partial charge in [-0.3, -0.25) is 4.79 Å². The van der Waals surface area contributed by atoms with Crippen molar-refractivity contribution in [1.29, 1.82) is 0 Å². The number of carbonyl (C=O) groups is 1. The SMILES string of the molecule is CC(=NNC(=O)C1CC1)C1CC2CCC1C2. The number of fused-ring (bicyclic) bond motifs is 2. The van der Waals surface area contributed by atoms with Gasteiger partial charge in [0, 0.05) is 17.5 Å². The predicted octanol–water partition coefficient (Wildman–Crippen LogP) is 2.32. The van der Waals surface area contributed by atoms with E-state index in [0.29, 0.717) is 5.92 Å². The van der Waals surface area contributed by atoms with E-state index in [1.165, 1.54) is 25.7 Å². The zero-order valence-electron chi connectivity index (χ0n) is 9.91. The van der Waals surface area contributed by atoms with Gasteiger partial charge < -0.3 is 0 Å². The highest BCUT2D eigenvalue weighted by molar-refractivity contribution is 5.87. The number of hydrogen-bond acceptors (Lipinski definition) is 2. The molecule has 0 spiro atoms. The Morgan fingerprint density at radius 1 is 1.19 bits per heavy atom. The topological polar surface area (TPSA) is 41.5 Å². The summed E-state index contributed by atoms with van der Waals surface area (Å²) in [4.78, 5) is 11.5. The number of carbonyl (C=O) groups excluding carboxylic acids is 1. The van der Waals surface area contributed by atoms with Crippen molar-refractivity contribution in [2.75, 3.05) is 0 Å². The molecule has 0 saturated heterocycles. The summed E-state index contributed by atoms with van der Waals surface area (Å²) < 4.78 is 0. The number of hydrogen-bond donors (Lipinski definition) is 1. The lowest BCUT2D eigenvalue weighted by atomic mass is 9.86. The molecule has 1 N–H and O–H groups in total. The third kappa shape index (κ3) is 1.87. The van der Waals surface area contributed by atoms with Crippen molar-refractivity contribution in [3.8, 4) is 0 Å². The Balaban J connectivity index is 1.57. The van der Waals surface area contributed by atoms with E-state index in [9.17, 15) is 4.79 Å². The van der Waals surface area contributed by atoms with Gasteiger partial charge in [-0.25, -0.2) is 5.43 Å². The molecule has 0 aromatic rings. The standard InChI is InChI=1S/C13H20N2O/c1-8(14-15-13(16)10-4-5-10)12-7-9-2-3-11(12)6-9/h9-12H,2-7H2,1H3,(H,15,16). The Morgan fingerprint density at radius 2 is 2.00 bits per heavy atom. The van der Waals surface area contributed by atoms with Crippen LogP contribution in [-0.4, -0.2) is 11.6 Å². The highest BCUT2D eigenvalue weighted by atomic mass is 16.2. The van der Waals surface area contributed by atoms with Crippen molar-refractivity contribution in [1.82, 2.24) is 5.43 Å². The van der Waals surface area contributed by atoms with Gasteiger partial charge in [-0.15, -0.1) is 0 Å². The second kappa shape index (κ2) is 3.86. The molecule has 3 aliphatic carbocycles. The van der Waals surface area contributed by atoms with Gasteiger partial charge in [0.15, 0.2) is 0 Å². The molecule has 16 heavy (non-hydrogen) atoms. The van der Waals surface area contributed by atoms with Crippen LogP contribution in [0.25, 0.3) is 0 Å². The van der Waals surface area contributed by atoms with Crippen LogP contribution in [0.2, 0.25) is 0 Å². The maximum Gasteiger partial charge on any atom is 0.243 e. The molecular formula is C13H20N2O. The van der Waals surface area contributed by atoms with Crippen molar-refractivity contribution in [2.24, 2.45) is 28.8 Å². The molecule has 0 aromatic heterocycles. The molecule has 3 heteroatoms. The molecule has 0 aromatic carbocycles. The monoisotopic (exact) mass is 220 g/mol. The van der Waals surface area contributed by atoms with Gasteiger partial charge in [-0.05, 0) is 50.9 Å². The number of rotatable bonds is 3. The molecule has 3 unspecified atom stereocenters. The average Bonchev–Trinajstić information content (AvgIpc) is 2.94. The third-order valence-electron chi connectivity index (χ3n) is 4.57. The van der Waals surface area contributed by atoms with Gasteiger partial charge >= 0.3 is 0 Å². The summed E-state index contributed by atoms with van der Waals surface area (Å²) in [5.41, 5.74) is 3.88. The molecule has 88 valence electrons. The molecule has 3 rings (SSSR count). The summed E-state index contributed by atoms with van der Waals surface area (Å²) in [6.07, 6.45) is 7.60. The minimum absolute atomic E-state index is 0.127. The predicted molar refractivity (Wildman–Crippen MR) is 62.9 cm³/mol. The van der Waals surface area contributed by atoms with E-state index >= 15 is 0 Å². The quantitative estimate of drug-likeness (QED) is 0.575. The summed E-state index contributed by atoms with van der Waals surface area (Å²) in [6.45, 7) is 2.08. The highest BCUT2D eigenvalue weighted by Crippen LogP contribution is 2.48. The van der Waals surface area contributed by atoms with E-state index in [0.717, 1.165) is 30.4 Å². The number of amides is 1. The third-order valence-corrected chi connectivity index (χ3v) is 4.57. The lowest BCUT2D eigenvalue weighted by Gasteiger charge is -2.21. The number of hydrazone groups is 1. The van der Waals surface area contributed by atoms with Crippen molar-refractivity contribution in [3.05, 3.63) is 0 Å². The van der Waals surface area contributed by atoms with Gasteiger partial charge in [0.1, 0.15) is 0 Å². The molecule has 3 saturated carbocycles. The molecule has 3 atom stereocenters. The Bertz CT molecular complexity index is 333. The highest BCUT2D eigenvalue weighted by Gasteiger charge is 2.40. The zero-order chi connectivity index (χ0) is 11.1. The van der Waals surface area contributed by atoms with Crippen molar-refractivity contribution < 1.29 is 4.79 Å². The Kier molecular flexibility index (Phi) is 2.49. The molecular weight excluding hydrogens is 200 g/mol. The fourth-order valence-corrected chi connectivity index (χ4v) is 3.42. The van der Waals surface area contributed by atoms with Crippen LogP contribution in [0.15, 0.2) is 5.10 Å². The molecule has 0 radical (unpaired) electrons. The summed E-state index contributed by atoms with van der Waals surface area (Å²) in [7, 11) is 0. The second-order valence-corrected chi connectivity index (χ2v) is 5.78. The molecule has 0 heterocycles. The van der Waals surface area contributed by atoms with Crippen LogP contribution in [0.1, 0.15) is 45.4 Å². The number of nitrogens with zero attached hydrogens (tertiary/aromatic N) is 1. The Morgan fingerprint density at radius 3 is 2.56 bits per heavy atom. The second-order valence-electron chi connectivity index (χ2n) is 5.78. The first-order valence-corrected chi connectivity index (χ1v) is 6.58. The van der Waals surface area contributed by atoms with E-state index in [1.54, 1.807) is 0 Å². The van der Waals surface area contributed by atoms with Gasteiger partial charge in [0.25, 0.3) is 0 Å². The molecule has 3 aliphatic rings. The van der Waals surface area contributed by atoms with Gasteiger partial charge in [-0.2, -0.15) is 5.10 Å². The minimum Gasteiger partial charge on any atom is -0.273 e.